The molecule has 0 bridgehead atoms. The molecule has 1 aliphatic rings. The number of likely N-dealkylation sites (tertiary alicyclic amines) is 1. The summed E-state index contributed by atoms with van der Waals surface area (Å²) in [5.74, 6) is 1.41. The standard InChI is InChI=1S/C17H26N2O/c1-13-10-11-19(12-14(13)2)17(20)16(18)9-8-15-6-4-3-5-7-15/h3-7,13-14,16H,8-12,18H2,1-2H3. The van der Waals surface area contributed by atoms with Gasteiger partial charge in [-0.25, -0.2) is 0 Å². The molecule has 1 aromatic rings. The fraction of sp³-hybridized carbons (Fsp3) is 0.588. The fourth-order valence-electron chi connectivity index (χ4n) is 2.79. The predicted molar refractivity (Wildman–Crippen MR) is 82.3 cm³/mol. The molecule has 20 heavy (non-hydrogen) atoms. The highest BCUT2D eigenvalue weighted by Gasteiger charge is 2.28. The lowest BCUT2D eigenvalue weighted by molar-refractivity contribution is -0.135. The summed E-state index contributed by atoms with van der Waals surface area (Å²) >= 11 is 0. The molecule has 1 fully saturated rings. The van der Waals surface area contributed by atoms with Crippen LogP contribution in [0.3, 0.4) is 0 Å². The number of aryl methyl sites for hydroxylation is 1. The molecule has 0 radical (unpaired) electrons. The maximum Gasteiger partial charge on any atom is 0.239 e. The lowest BCUT2D eigenvalue weighted by atomic mass is 9.88. The zero-order chi connectivity index (χ0) is 14.5. The maximum atomic E-state index is 12.4. The minimum Gasteiger partial charge on any atom is -0.341 e. The summed E-state index contributed by atoms with van der Waals surface area (Å²) in [6.45, 7) is 6.21. The highest BCUT2D eigenvalue weighted by Crippen LogP contribution is 2.23. The monoisotopic (exact) mass is 274 g/mol. The zero-order valence-corrected chi connectivity index (χ0v) is 12.6. The van der Waals surface area contributed by atoms with Crippen molar-refractivity contribution >= 4 is 5.91 Å². The first kappa shape index (κ1) is 15.0. The van der Waals surface area contributed by atoms with Crippen molar-refractivity contribution in [3.63, 3.8) is 0 Å². The predicted octanol–water partition coefficient (Wildman–Crippen LogP) is 2.45. The van der Waals surface area contributed by atoms with E-state index in [4.69, 9.17) is 5.73 Å². The molecule has 3 unspecified atom stereocenters. The average Bonchev–Trinajstić information content (AvgIpc) is 2.48. The van der Waals surface area contributed by atoms with Gasteiger partial charge in [-0.05, 0) is 36.7 Å². The number of rotatable bonds is 4. The smallest absolute Gasteiger partial charge is 0.239 e. The molecule has 0 aromatic heterocycles. The highest BCUT2D eigenvalue weighted by atomic mass is 16.2. The molecule has 1 heterocycles. The van der Waals surface area contributed by atoms with Crippen molar-refractivity contribution in [1.29, 1.82) is 0 Å². The van der Waals surface area contributed by atoms with Gasteiger partial charge in [-0.1, -0.05) is 44.2 Å². The summed E-state index contributed by atoms with van der Waals surface area (Å²) in [6.07, 6.45) is 2.69. The van der Waals surface area contributed by atoms with Gasteiger partial charge >= 0.3 is 0 Å². The second-order valence-electron chi connectivity index (χ2n) is 6.16. The molecule has 1 aromatic carbocycles. The molecular formula is C17H26N2O. The lowest BCUT2D eigenvalue weighted by Gasteiger charge is -2.36. The highest BCUT2D eigenvalue weighted by molar-refractivity contribution is 5.81. The second-order valence-corrected chi connectivity index (χ2v) is 6.16. The molecule has 3 nitrogen and oxygen atoms in total. The van der Waals surface area contributed by atoms with E-state index in [0.29, 0.717) is 11.8 Å². The molecule has 3 heteroatoms. The van der Waals surface area contributed by atoms with Crippen LogP contribution in [-0.2, 0) is 11.2 Å². The first-order chi connectivity index (χ1) is 9.58. The molecule has 1 amide bonds. The van der Waals surface area contributed by atoms with E-state index < -0.39 is 0 Å². The van der Waals surface area contributed by atoms with Crippen molar-refractivity contribution in [3.8, 4) is 0 Å². The van der Waals surface area contributed by atoms with Crippen LogP contribution in [0.4, 0.5) is 0 Å². The van der Waals surface area contributed by atoms with Crippen LogP contribution >= 0.6 is 0 Å². The lowest BCUT2D eigenvalue weighted by Crippen LogP contribution is -2.49. The summed E-state index contributed by atoms with van der Waals surface area (Å²) in [5.41, 5.74) is 7.33. The molecule has 0 aliphatic carbocycles. The number of hydrogen-bond acceptors (Lipinski definition) is 2. The number of nitrogens with zero attached hydrogens (tertiary/aromatic N) is 1. The van der Waals surface area contributed by atoms with E-state index in [1.807, 2.05) is 23.1 Å². The number of nitrogens with two attached hydrogens (primary N) is 1. The van der Waals surface area contributed by atoms with Crippen LogP contribution in [-0.4, -0.2) is 29.9 Å². The van der Waals surface area contributed by atoms with Crippen LogP contribution in [0.1, 0.15) is 32.3 Å². The van der Waals surface area contributed by atoms with Gasteiger partial charge in [-0.3, -0.25) is 4.79 Å². The Morgan fingerprint density at radius 1 is 1.30 bits per heavy atom. The molecule has 2 N–H and O–H groups in total. The number of hydrogen-bond donors (Lipinski definition) is 1. The second kappa shape index (κ2) is 6.89. The molecule has 3 atom stereocenters. The summed E-state index contributed by atoms with van der Waals surface area (Å²) in [4.78, 5) is 14.3. The molecule has 1 aliphatic heterocycles. The molecule has 110 valence electrons. The van der Waals surface area contributed by atoms with Crippen LogP contribution in [0, 0.1) is 11.8 Å². The van der Waals surface area contributed by atoms with Gasteiger partial charge in [0, 0.05) is 13.1 Å². The quantitative estimate of drug-likeness (QED) is 0.916. The average molecular weight is 274 g/mol. The van der Waals surface area contributed by atoms with E-state index in [-0.39, 0.29) is 11.9 Å². The van der Waals surface area contributed by atoms with Crippen molar-refractivity contribution in [2.75, 3.05) is 13.1 Å². The molecule has 0 spiro atoms. The summed E-state index contributed by atoms with van der Waals surface area (Å²) in [6, 6.07) is 9.86. The third-order valence-electron chi connectivity index (χ3n) is 4.55. The van der Waals surface area contributed by atoms with E-state index in [1.165, 1.54) is 5.56 Å². The van der Waals surface area contributed by atoms with Crippen LogP contribution in [0.5, 0.6) is 0 Å². The van der Waals surface area contributed by atoms with Crippen molar-refractivity contribution < 1.29 is 4.79 Å². The van der Waals surface area contributed by atoms with Gasteiger partial charge in [0.25, 0.3) is 0 Å². The van der Waals surface area contributed by atoms with E-state index in [2.05, 4.69) is 26.0 Å². The maximum absolute atomic E-state index is 12.4. The van der Waals surface area contributed by atoms with Gasteiger partial charge in [-0.15, -0.1) is 0 Å². The van der Waals surface area contributed by atoms with Crippen LogP contribution in [0.2, 0.25) is 0 Å². The SMILES string of the molecule is CC1CCN(C(=O)C(N)CCc2ccccc2)CC1C. The van der Waals surface area contributed by atoms with Gasteiger partial charge in [0.1, 0.15) is 0 Å². The summed E-state index contributed by atoms with van der Waals surface area (Å²) < 4.78 is 0. The minimum absolute atomic E-state index is 0.125. The fourth-order valence-corrected chi connectivity index (χ4v) is 2.79. The molecule has 1 saturated heterocycles. The number of piperidine rings is 1. The first-order valence-corrected chi connectivity index (χ1v) is 7.66. The summed E-state index contributed by atoms with van der Waals surface area (Å²) in [7, 11) is 0. The third kappa shape index (κ3) is 3.83. The van der Waals surface area contributed by atoms with Crippen LogP contribution in [0.15, 0.2) is 30.3 Å². The Morgan fingerprint density at radius 3 is 2.65 bits per heavy atom. The van der Waals surface area contributed by atoms with Crippen LogP contribution in [0.25, 0.3) is 0 Å². The van der Waals surface area contributed by atoms with Gasteiger partial charge in [-0.2, -0.15) is 0 Å². The number of benzene rings is 1. The topological polar surface area (TPSA) is 46.3 Å². The number of amides is 1. The minimum atomic E-state index is -0.365. The van der Waals surface area contributed by atoms with Crippen molar-refractivity contribution in [2.45, 2.75) is 39.2 Å². The number of carbonyl (C=O) groups excluding carboxylic acids is 1. The zero-order valence-electron chi connectivity index (χ0n) is 12.6. The number of carbonyl (C=O) groups is 1. The van der Waals surface area contributed by atoms with Crippen molar-refractivity contribution in [3.05, 3.63) is 35.9 Å². The van der Waals surface area contributed by atoms with Gasteiger partial charge in [0.2, 0.25) is 5.91 Å². The molecule has 2 rings (SSSR count). The van der Waals surface area contributed by atoms with E-state index in [0.717, 1.165) is 32.4 Å². The first-order valence-electron chi connectivity index (χ1n) is 7.66. The Morgan fingerprint density at radius 2 is 2.00 bits per heavy atom. The molecular weight excluding hydrogens is 248 g/mol. The van der Waals surface area contributed by atoms with Gasteiger partial charge < -0.3 is 10.6 Å². The normalized spacial score (nSPS) is 24.4. The van der Waals surface area contributed by atoms with E-state index >= 15 is 0 Å². The Bertz CT molecular complexity index is 432. The Hall–Kier alpha value is -1.35. The van der Waals surface area contributed by atoms with Crippen LogP contribution < -0.4 is 5.73 Å². The third-order valence-corrected chi connectivity index (χ3v) is 4.55. The Kier molecular flexibility index (Phi) is 5.18. The Labute approximate surface area is 122 Å². The summed E-state index contributed by atoms with van der Waals surface area (Å²) in [5, 5.41) is 0. The van der Waals surface area contributed by atoms with E-state index in [9.17, 15) is 4.79 Å². The Balaban J connectivity index is 1.83. The van der Waals surface area contributed by atoms with Crippen molar-refractivity contribution in [2.24, 2.45) is 17.6 Å². The molecule has 0 saturated carbocycles. The largest absolute Gasteiger partial charge is 0.341 e. The van der Waals surface area contributed by atoms with Gasteiger partial charge in [0.15, 0.2) is 0 Å². The van der Waals surface area contributed by atoms with E-state index in [1.54, 1.807) is 0 Å². The van der Waals surface area contributed by atoms with Gasteiger partial charge in [0.05, 0.1) is 6.04 Å². The van der Waals surface area contributed by atoms with Crippen molar-refractivity contribution in [1.82, 2.24) is 4.90 Å².